The first-order valence-corrected chi connectivity index (χ1v) is 9.55. The van der Waals surface area contributed by atoms with Crippen LogP contribution >= 0.6 is 0 Å². The number of hydrogen-bond acceptors (Lipinski definition) is 2. The molecule has 2 rings (SSSR count). The Labute approximate surface area is 158 Å². The van der Waals surface area contributed by atoms with Crippen LogP contribution in [0.1, 0.15) is 50.3 Å². The van der Waals surface area contributed by atoms with Gasteiger partial charge in [0.15, 0.2) is 0 Å². The van der Waals surface area contributed by atoms with Crippen molar-refractivity contribution in [2.75, 3.05) is 6.54 Å². The summed E-state index contributed by atoms with van der Waals surface area (Å²) >= 11 is 0. The minimum atomic E-state index is 0.0849. The van der Waals surface area contributed by atoms with Crippen molar-refractivity contribution in [1.29, 1.82) is 0 Å². The monoisotopic (exact) mass is 349 g/mol. The molecule has 0 fully saturated rings. The Morgan fingerprint density at radius 3 is 2.31 bits per heavy atom. The highest BCUT2D eigenvalue weighted by Gasteiger charge is 2.19. The lowest BCUT2D eigenvalue weighted by molar-refractivity contribution is -0.216. The van der Waals surface area contributed by atoms with Crippen molar-refractivity contribution in [2.45, 2.75) is 45.3 Å². The highest BCUT2D eigenvalue weighted by molar-refractivity contribution is 5.48. The summed E-state index contributed by atoms with van der Waals surface area (Å²) in [4.78, 5) is 6.41. The van der Waals surface area contributed by atoms with Crippen molar-refractivity contribution < 1.29 is 4.84 Å². The normalized spacial score (nSPS) is 13.8. The Morgan fingerprint density at radius 2 is 1.69 bits per heavy atom. The molecule has 0 aliphatic rings. The largest absolute Gasteiger partial charge is 0.290 e. The molecule has 2 aromatic rings. The third-order valence-corrected chi connectivity index (χ3v) is 4.37. The molecule has 2 heteroatoms. The summed E-state index contributed by atoms with van der Waals surface area (Å²) in [5, 5.41) is 2.07. The van der Waals surface area contributed by atoms with Gasteiger partial charge in [-0.15, -0.1) is 6.58 Å². The fraction of sp³-hybridized carbons (Fsp3) is 0.333. The van der Waals surface area contributed by atoms with Gasteiger partial charge in [-0.25, -0.2) is 0 Å². The molecule has 0 aromatic heterocycles. The van der Waals surface area contributed by atoms with Crippen LogP contribution in [0.15, 0.2) is 79.4 Å². The molecule has 0 bridgehead atoms. The molecule has 0 heterocycles. The topological polar surface area (TPSA) is 12.5 Å². The van der Waals surface area contributed by atoms with E-state index in [1.807, 2.05) is 18.2 Å². The van der Waals surface area contributed by atoms with Crippen molar-refractivity contribution in [3.05, 3.63) is 90.5 Å². The van der Waals surface area contributed by atoms with E-state index in [9.17, 15) is 0 Å². The molecule has 0 N–H and O–H groups in total. The first kappa shape index (κ1) is 20.2. The molecule has 0 aliphatic heterocycles. The molecule has 0 aliphatic carbocycles. The Kier molecular flexibility index (Phi) is 8.88. The molecule has 0 amide bonds. The third-order valence-electron chi connectivity index (χ3n) is 4.37. The van der Waals surface area contributed by atoms with Gasteiger partial charge >= 0.3 is 0 Å². The molecule has 2 aromatic carbocycles. The highest BCUT2D eigenvalue weighted by Crippen LogP contribution is 2.25. The van der Waals surface area contributed by atoms with E-state index in [0.29, 0.717) is 6.54 Å². The quantitative estimate of drug-likeness (QED) is 0.342. The zero-order valence-corrected chi connectivity index (χ0v) is 16.1. The van der Waals surface area contributed by atoms with Crippen molar-refractivity contribution in [3.63, 3.8) is 0 Å². The maximum absolute atomic E-state index is 6.41. The second kappa shape index (κ2) is 11.5. The van der Waals surface area contributed by atoms with Gasteiger partial charge in [-0.05, 0) is 30.9 Å². The molecule has 26 heavy (non-hydrogen) atoms. The van der Waals surface area contributed by atoms with Crippen LogP contribution in [0.2, 0.25) is 0 Å². The Balaban J connectivity index is 2.01. The lowest BCUT2D eigenvalue weighted by Crippen LogP contribution is -2.34. The molecule has 0 saturated heterocycles. The number of nitrogens with zero attached hydrogens (tertiary/aromatic N) is 1. The van der Waals surface area contributed by atoms with Crippen LogP contribution in [-0.2, 0) is 4.84 Å². The molecule has 2 nitrogen and oxygen atoms in total. The molecule has 2 atom stereocenters. The van der Waals surface area contributed by atoms with Gasteiger partial charge in [0, 0.05) is 12.6 Å². The maximum atomic E-state index is 6.41. The summed E-state index contributed by atoms with van der Waals surface area (Å²) in [5.41, 5.74) is 2.46. The van der Waals surface area contributed by atoms with E-state index >= 15 is 0 Å². The predicted octanol–water partition coefficient (Wildman–Crippen LogP) is 6.44. The van der Waals surface area contributed by atoms with Gasteiger partial charge in [0.1, 0.15) is 6.10 Å². The van der Waals surface area contributed by atoms with Gasteiger partial charge in [-0.1, -0.05) is 92.2 Å². The zero-order chi connectivity index (χ0) is 18.6. The van der Waals surface area contributed by atoms with Crippen molar-refractivity contribution in [1.82, 2.24) is 5.06 Å². The maximum Gasteiger partial charge on any atom is 0.104 e. The first-order valence-electron chi connectivity index (χ1n) is 9.55. The van der Waals surface area contributed by atoms with Crippen LogP contribution < -0.4 is 0 Å². The van der Waals surface area contributed by atoms with E-state index in [4.69, 9.17) is 4.84 Å². The van der Waals surface area contributed by atoms with Gasteiger partial charge in [0.05, 0.1) is 0 Å². The minimum absolute atomic E-state index is 0.0849. The van der Waals surface area contributed by atoms with Crippen LogP contribution in [0.4, 0.5) is 0 Å². The molecule has 138 valence electrons. The van der Waals surface area contributed by atoms with Gasteiger partial charge in [0.2, 0.25) is 0 Å². The summed E-state index contributed by atoms with van der Waals surface area (Å²) in [5.74, 6) is 0. The van der Waals surface area contributed by atoms with Crippen LogP contribution in [0.5, 0.6) is 0 Å². The number of benzene rings is 2. The smallest absolute Gasteiger partial charge is 0.104 e. The van der Waals surface area contributed by atoms with Gasteiger partial charge in [-0.2, -0.15) is 5.06 Å². The summed E-state index contributed by atoms with van der Waals surface area (Å²) < 4.78 is 0. The Bertz CT molecular complexity index is 650. The zero-order valence-electron chi connectivity index (χ0n) is 16.1. The third kappa shape index (κ3) is 6.62. The molecule has 0 radical (unpaired) electrons. The Morgan fingerprint density at radius 1 is 1.04 bits per heavy atom. The number of hydroxylamine groups is 2. The average molecular weight is 350 g/mol. The van der Waals surface area contributed by atoms with Crippen LogP contribution in [0, 0.1) is 0 Å². The van der Waals surface area contributed by atoms with Crippen molar-refractivity contribution in [2.24, 2.45) is 0 Å². The summed E-state index contributed by atoms with van der Waals surface area (Å²) in [6, 6.07) is 21.2. The Hall–Kier alpha value is -2.16. The number of hydrogen-bond donors (Lipinski definition) is 0. The van der Waals surface area contributed by atoms with Crippen molar-refractivity contribution in [3.8, 4) is 0 Å². The second-order valence-electron chi connectivity index (χ2n) is 6.58. The van der Waals surface area contributed by atoms with E-state index in [0.717, 1.165) is 19.3 Å². The summed E-state index contributed by atoms with van der Waals surface area (Å²) in [6.07, 6.45) is 9.40. The van der Waals surface area contributed by atoms with E-state index in [1.54, 1.807) is 0 Å². The van der Waals surface area contributed by atoms with E-state index in [-0.39, 0.29) is 12.1 Å². The summed E-state index contributed by atoms with van der Waals surface area (Å²) in [6.45, 7) is 9.01. The molecule has 2 unspecified atom stereocenters. The van der Waals surface area contributed by atoms with Crippen LogP contribution in [0.3, 0.4) is 0 Å². The molecular weight excluding hydrogens is 318 g/mol. The second-order valence-corrected chi connectivity index (χ2v) is 6.58. The SMILES string of the molecule is C=CCN(OC(CCC)c1ccccc1)C(C)C/C=C\c1ccccc1. The molecular formula is C24H31NO. The number of rotatable bonds is 11. The highest BCUT2D eigenvalue weighted by atomic mass is 16.7. The predicted molar refractivity (Wildman–Crippen MR) is 112 cm³/mol. The van der Waals surface area contributed by atoms with E-state index < -0.39 is 0 Å². The fourth-order valence-corrected chi connectivity index (χ4v) is 2.91. The van der Waals surface area contributed by atoms with Crippen LogP contribution in [0.25, 0.3) is 6.08 Å². The van der Waals surface area contributed by atoms with E-state index in [2.05, 4.69) is 86.2 Å². The lowest BCUT2D eigenvalue weighted by atomic mass is 10.1. The fourth-order valence-electron chi connectivity index (χ4n) is 2.91. The minimum Gasteiger partial charge on any atom is -0.290 e. The molecule has 0 saturated carbocycles. The van der Waals surface area contributed by atoms with Gasteiger partial charge < -0.3 is 0 Å². The average Bonchev–Trinajstić information content (AvgIpc) is 2.68. The van der Waals surface area contributed by atoms with E-state index in [1.165, 1.54) is 11.1 Å². The molecule has 0 spiro atoms. The van der Waals surface area contributed by atoms with Crippen LogP contribution in [-0.4, -0.2) is 17.6 Å². The standard InChI is InChI=1S/C24H31NO/c1-4-13-24(23-18-10-7-11-19-23)26-25(20-5-2)21(3)14-12-17-22-15-8-6-9-16-22/h5-12,15-19,21,24H,2,4,13-14,20H2,1,3H3/b17-12-. The summed E-state index contributed by atoms with van der Waals surface area (Å²) in [7, 11) is 0. The first-order chi connectivity index (χ1) is 12.7. The lowest BCUT2D eigenvalue weighted by Gasteiger charge is -2.31. The van der Waals surface area contributed by atoms with Gasteiger partial charge in [0.25, 0.3) is 0 Å². The van der Waals surface area contributed by atoms with Crippen molar-refractivity contribution >= 4 is 6.08 Å². The van der Waals surface area contributed by atoms with Gasteiger partial charge in [-0.3, -0.25) is 4.84 Å².